The molecule has 29 heavy (non-hydrogen) atoms. The average molecular weight is 396 g/mol. The molecule has 0 aromatic carbocycles. The van der Waals surface area contributed by atoms with Crippen molar-refractivity contribution in [3.8, 4) is 0 Å². The van der Waals surface area contributed by atoms with Gasteiger partial charge in [0.15, 0.2) is 17.5 Å². The number of anilines is 2. The molecule has 9 heteroatoms. The van der Waals surface area contributed by atoms with E-state index in [2.05, 4.69) is 29.7 Å². The second-order valence-corrected chi connectivity index (χ2v) is 6.95. The van der Waals surface area contributed by atoms with E-state index in [4.69, 9.17) is 9.15 Å². The van der Waals surface area contributed by atoms with Gasteiger partial charge < -0.3 is 19.0 Å². The second-order valence-electron chi connectivity index (χ2n) is 6.95. The highest BCUT2D eigenvalue weighted by molar-refractivity contribution is 5.70. The van der Waals surface area contributed by atoms with Crippen LogP contribution in [-0.4, -0.2) is 52.1 Å². The quantitative estimate of drug-likeness (QED) is 0.582. The maximum Gasteiger partial charge on any atom is 0.306 e. The Hall–Kier alpha value is -3.23. The van der Waals surface area contributed by atoms with Crippen molar-refractivity contribution >= 4 is 29.0 Å². The molecule has 1 aliphatic rings. The zero-order valence-electron chi connectivity index (χ0n) is 16.6. The minimum absolute atomic E-state index is 0.226. The summed E-state index contributed by atoms with van der Waals surface area (Å²) in [6.07, 6.45) is 4.10. The molecule has 3 aromatic rings. The molecule has 1 aliphatic heterocycles. The molecule has 0 radical (unpaired) electrons. The largest absolute Gasteiger partial charge is 0.454 e. The summed E-state index contributed by atoms with van der Waals surface area (Å²) in [5, 5.41) is 0. The van der Waals surface area contributed by atoms with Gasteiger partial charge >= 0.3 is 5.97 Å². The predicted octanol–water partition coefficient (Wildman–Crippen LogP) is 2.74. The Bertz CT molecular complexity index is 950. The Morgan fingerprint density at radius 2 is 1.93 bits per heavy atom. The Morgan fingerprint density at radius 1 is 1.14 bits per heavy atom. The molecule has 3 aromatic heterocycles. The molecule has 4 heterocycles. The van der Waals surface area contributed by atoms with Gasteiger partial charge in [-0.1, -0.05) is 6.92 Å². The summed E-state index contributed by atoms with van der Waals surface area (Å²) in [6, 6.07) is 6.18. The van der Waals surface area contributed by atoms with Crippen LogP contribution >= 0.6 is 0 Å². The van der Waals surface area contributed by atoms with Crippen LogP contribution < -0.4 is 9.80 Å². The SMILES string of the molecule is CCCC(=O)O[C@H](C)c1nccc(N2CCN(c3nc4ncccc4o3)CC2)n1. The summed E-state index contributed by atoms with van der Waals surface area (Å²) in [4.78, 5) is 33.6. The number of carbonyl (C=O) groups excluding carboxylic acids is 1. The highest BCUT2D eigenvalue weighted by Gasteiger charge is 2.23. The van der Waals surface area contributed by atoms with Crippen molar-refractivity contribution in [1.29, 1.82) is 0 Å². The summed E-state index contributed by atoms with van der Waals surface area (Å²) < 4.78 is 11.2. The number of nitrogens with zero attached hydrogens (tertiary/aromatic N) is 6. The molecule has 1 saturated heterocycles. The van der Waals surface area contributed by atoms with Crippen LogP contribution in [0, 0.1) is 0 Å². The maximum atomic E-state index is 11.7. The van der Waals surface area contributed by atoms with Crippen molar-refractivity contribution in [2.45, 2.75) is 32.8 Å². The van der Waals surface area contributed by atoms with E-state index in [-0.39, 0.29) is 5.97 Å². The van der Waals surface area contributed by atoms with Gasteiger partial charge in [0.05, 0.1) is 0 Å². The summed E-state index contributed by atoms with van der Waals surface area (Å²) in [6.45, 7) is 6.80. The summed E-state index contributed by atoms with van der Waals surface area (Å²) in [5.41, 5.74) is 1.31. The van der Waals surface area contributed by atoms with Gasteiger partial charge in [-0.3, -0.25) is 4.79 Å². The molecule has 1 fully saturated rings. The van der Waals surface area contributed by atoms with E-state index < -0.39 is 6.10 Å². The van der Waals surface area contributed by atoms with Crippen molar-refractivity contribution in [2.75, 3.05) is 36.0 Å². The normalized spacial score (nSPS) is 15.5. The minimum Gasteiger partial charge on any atom is -0.454 e. The lowest BCUT2D eigenvalue weighted by molar-refractivity contribution is -0.149. The van der Waals surface area contributed by atoms with E-state index in [1.54, 1.807) is 19.3 Å². The fraction of sp³-hybridized carbons (Fsp3) is 0.450. The van der Waals surface area contributed by atoms with E-state index in [1.807, 2.05) is 25.1 Å². The molecule has 1 atom stereocenters. The Kier molecular flexibility index (Phi) is 5.55. The molecule has 0 aliphatic carbocycles. The van der Waals surface area contributed by atoms with E-state index in [0.29, 0.717) is 29.5 Å². The van der Waals surface area contributed by atoms with Gasteiger partial charge in [-0.2, -0.15) is 4.98 Å². The number of fused-ring (bicyclic) bond motifs is 1. The van der Waals surface area contributed by atoms with Crippen molar-refractivity contribution in [1.82, 2.24) is 19.9 Å². The van der Waals surface area contributed by atoms with E-state index >= 15 is 0 Å². The summed E-state index contributed by atoms with van der Waals surface area (Å²) in [7, 11) is 0. The van der Waals surface area contributed by atoms with Crippen LogP contribution in [0.25, 0.3) is 11.2 Å². The fourth-order valence-electron chi connectivity index (χ4n) is 3.27. The first-order chi connectivity index (χ1) is 14.1. The highest BCUT2D eigenvalue weighted by Crippen LogP contribution is 2.23. The molecule has 0 amide bonds. The van der Waals surface area contributed by atoms with Crippen molar-refractivity contribution in [3.05, 3.63) is 36.4 Å². The Balaban J connectivity index is 1.40. The van der Waals surface area contributed by atoms with Gasteiger partial charge in [-0.25, -0.2) is 15.0 Å². The average Bonchev–Trinajstić information content (AvgIpc) is 3.18. The molecule has 9 nitrogen and oxygen atoms in total. The predicted molar refractivity (Wildman–Crippen MR) is 108 cm³/mol. The number of hydrogen-bond acceptors (Lipinski definition) is 9. The monoisotopic (exact) mass is 396 g/mol. The van der Waals surface area contributed by atoms with E-state index in [0.717, 1.165) is 38.4 Å². The smallest absolute Gasteiger partial charge is 0.306 e. The highest BCUT2D eigenvalue weighted by atomic mass is 16.5. The van der Waals surface area contributed by atoms with Crippen LogP contribution in [0.2, 0.25) is 0 Å². The van der Waals surface area contributed by atoms with Gasteiger partial charge in [0.1, 0.15) is 5.82 Å². The number of oxazole rings is 1. The Morgan fingerprint density at radius 3 is 2.69 bits per heavy atom. The first-order valence-corrected chi connectivity index (χ1v) is 9.88. The lowest BCUT2D eigenvalue weighted by Crippen LogP contribution is -2.47. The zero-order valence-corrected chi connectivity index (χ0v) is 16.6. The number of piperazine rings is 1. The molecular formula is C20H24N6O3. The Labute approximate surface area is 168 Å². The molecular weight excluding hydrogens is 372 g/mol. The number of esters is 1. The van der Waals surface area contributed by atoms with Crippen LogP contribution in [-0.2, 0) is 9.53 Å². The maximum absolute atomic E-state index is 11.7. The van der Waals surface area contributed by atoms with Gasteiger partial charge in [-0.05, 0) is 31.5 Å². The number of ether oxygens (including phenoxy) is 1. The third-order valence-corrected chi connectivity index (χ3v) is 4.81. The molecule has 0 unspecified atom stereocenters. The number of carbonyl (C=O) groups is 1. The second kappa shape index (κ2) is 8.42. The third kappa shape index (κ3) is 4.28. The lowest BCUT2D eigenvalue weighted by atomic mass is 10.3. The third-order valence-electron chi connectivity index (χ3n) is 4.81. The topological polar surface area (TPSA) is 97.5 Å². The van der Waals surface area contributed by atoms with Crippen molar-refractivity contribution < 1.29 is 13.9 Å². The van der Waals surface area contributed by atoms with Gasteiger partial charge in [0, 0.05) is 45.0 Å². The van der Waals surface area contributed by atoms with Crippen LogP contribution in [0.4, 0.5) is 11.8 Å². The molecule has 4 rings (SSSR count). The van der Waals surface area contributed by atoms with E-state index in [9.17, 15) is 4.79 Å². The van der Waals surface area contributed by atoms with E-state index in [1.165, 1.54) is 0 Å². The molecule has 0 spiro atoms. The van der Waals surface area contributed by atoms with Crippen LogP contribution in [0.5, 0.6) is 0 Å². The number of pyridine rings is 1. The number of rotatable bonds is 6. The number of aromatic nitrogens is 4. The number of hydrogen-bond donors (Lipinski definition) is 0. The fourth-order valence-corrected chi connectivity index (χ4v) is 3.27. The first kappa shape index (κ1) is 19.1. The van der Waals surface area contributed by atoms with Crippen LogP contribution in [0.3, 0.4) is 0 Å². The molecule has 0 saturated carbocycles. The van der Waals surface area contributed by atoms with Crippen molar-refractivity contribution in [2.24, 2.45) is 0 Å². The van der Waals surface area contributed by atoms with Crippen molar-refractivity contribution in [3.63, 3.8) is 0 Å². The standard InChI is InChI=1S/C20H24N6O3/c1-3-5-17(27)28-14(2)18-22-9-7-16(23-18)25-10-12-26(13-11-25)20-24-19-15(29-20)6-4-8-21-19/h4,6-9,14H,3,5,10-13H2,1-2H3/t14-/m1/s1. The molecule has 0 N–H and O–H groups in total. The molecule has 152 valence electrons. The summed E-state index contributed by atoms with van der Waals surface area (Å²) in [5.74, 6) is 1.11. The van der Waals surface area contributed by atoms with Gasteiger partial charge in [0.25, 0.3) is 6.01 Å². The summed E-state index contributed by atoms with van der Waals surface area (Å²) >= 11 is 0. The van der Waals surface area contributed by atoms with Gasteiger partial charge in [0.2, 0.25) is 5.65 Å². The lowest BCUT2D eigenvalue weighted by Gasteiger charge is -2.34. The van der Waals surface area contributed by atoms with Crippen LogP contribution in [0.1, 0.15) is 38.6 Å². The van der Waals surface area contributed by atoms with Gasteiger partial charge in [-0.15, -0.1) is 0 Å². The minimum atomic E-state index is -0.470. The van der Waals surface area contributed by atoms with Crippen LogP contribution in [0.15, 0.2) is 35.0 Å². The zero-order chi connectivity index (χ0) is 20.2. The molecule has 0 bridgehead atoms. The first-order valence-electron chi connectivity index (χ1n) is 9.88.